The normalized spacial score (nSPS) is 24.9. The van der Waals surface area contributed by atoms with E-state index in [9.17, 15) is 9.59 Å². The summed E-state index contributed by atoms with van der Waals surface area (Å²) < 4.78 is 0. The van der Waals surface area contributed by atoms with Crippen molar-refractivity contribution in [2.24, 2.45) is 5.92 Å². The van der Waals surface area contributed by atoms with Crippen molar-refractivity contribution in [1.29, 1.82) is 0 Å². The molecule has 2 amide bonds. The van der Waals surface area contributed by atoms with Gasteiger partial charge in [-0.3, -0.25) is 24.3 Å². The van der Waals surface area contributed by atoms with Crippen molar-refractivity contribution in [3.05, 3.63) is 59.1 Å². The number of thioether (sulfide) groups is 1. The Balaban J connectivity index is 1.56. The number of carbonyl (C=O) groups is 2. The molecule has 7 heteroatoms. The van der Waals surface area contributed by atoms with E-state index in [0.29, 0.717) is 17.4 Å². The van der Waals surface area contributed by atoms with E-state index in [1.165, 1.54) is 11.8 Å². The summed E-state index contributed by atoms with van der Waals surface area (Å²) in [5, 5.41) is 0.547. The standard InChI is InChI=1S/C23H24ClN3O2S/c1-16-9-11-25(12-10-16)15-26-20-8-3-2-7-19(20)23(22(26)29)27(21(28)14-30-23)18-6-4-5-17(24)13-18/h2-8,13,16H,9-12,14-15H2,1H3/t23-/m1/s1. The molecule has 2 saturated heterocycles. The lowest BCUT2D eigenvalue weighted by Gasteiger charge is -2.35. The van der Waals surface area contributed by atoms with Crippen molar-refractivity contribution in [1.82, 2.24) is 4.90 Å². The van der Waals surface area contributed by atoms with Gasteiger partial charge in [-0.05, 0) is 43.0 Å². The topological polar surface area (TPSA) is 43.9 Å². The summed E-state index contributed by atoms with van der Waals surface area (Å²) in [7, 11) is 0. The third kappa shape index (κ3) is 3.04. The number of likely N-dealkylation sites (tertiary alicyclic amines) is 1. The van der Waals surface area contributed by atoms with Crippen LogP contribution in [0, 0.1) is 5.92 Å². The number of carbonyl (C=O) groups excluding carboxylic acids is 2. The van der Waals surface area contributed by atoms with E-state index >= 15 is 0 Å². The largest absolute Gasteiger partial charge is 0.295 e. The number of fused-ring (bicyclic) bond motifs is 2. The Morgan fingerprint density at radius 2 is 1.87 bits per heavy atom. The quantitative estimate of drug-likeness (QED) is 0.712. The molecule has 0 bridgehead atoms. The summed E-state index contributed by atoms with van der Waals surface area (Å²) in [4.78, 5) is 31.8. The van der Waals surface area contributed by atoms with Crippen LogP contribution in [0.15, 0.2) is 48.5 Å². The number of anilines is 2. The number of nitrogens with zero attached hydrogens (tertiary/aromatic N) is 3. The Morgan fingerprint density at radius 1 is 1.10 bits per heavy atom. The van der Waals surface area contributed by atoms with Crippen molar-refractivity contribution in [2.45, 2.75) is 24.6 Å². The Morgan fingerprint density at radius 3 is 2.63 bits per heavy atom. The molecule has 3 aliphatic rings. The van der Waals surface area contributed by atoms with Gasteiger partial charge in [-0.25, -0.2) is 0 Å². The highest BCUT2D eigenvalue weighted by atomic mass is 35.5. The Hall–Kier alpha value is -2.02. The van der Waals surface area contributed by atoms with Crippen LogP contribution in [-0.2, 0) is 14.5 Å². The summed E-state index contributed by atoms with van der Waals surface area (Å²) in [6, 6.07) is 15.1. The van der Waals surface area contributed by atoms with Gasteiger partial charge < -0.3 is 0 Å². The minimum atomic E-state index is -1.07. The summed E-state index contributed by atoms with van der Waals surface area (Å²) in [6.07, 6.45) is 2.30. The highest BCUT2D eigenvalue weighted by Gasteiger charge is 2.61. The van der Waals surface area contributed by atoms with Gasteiger partial charge in [0.05, 0.1) is 18.1 Å². The van der Waals surface area contributed by atoms with E-state index in [2.05, 4.69) is 11.8 Å². The van der Waals surface area contributed by atoms with Gasteiger partial charge in [-0.2, -0.15) is 0 Å². The lowest BCUT2D eigenvalue weighted by Crippen LogP contribution is -2.52. The fourth-order valence-electron chi connectivity index (χ4n) is 4.71. The van der Waals surface area contributed by atoms with Crippen molar-refractivity contribution in [3.63, 3.8) is 0 Å². The molecule has 2 aromatic rings. The fraction of sp³-hybridized carbons (Fsp3) is 0.391. The lowest BCUT2D eigenvalue weighted by molar-refractivity contribution is -0.124. The fourth-order valence-corrected chi connectivity index (χ4v) is 6.26. The van der Waals surface area contributed by atoms with Gasteiger partial charge in [0.25, 0.3) is 5.91 Å². The molecule has 0 saturated carbocycles. The first kappa shape index (κ1) is 19.9. The molecule has 2 aromatic carbocycles. The number of para-hydroxylation sites is 1. The predicted molar refractivity (Wildman–Crippen MR) is 122 cm³/mol. The zero-order chi connectivity index (χ0) is 20.9. The number of piperidine rings is 1. The molecule has 3 aliphatic heterocycles. The highest BCUT2D eigenvalue weighted by Crippen LogP contribution is 2.55. The number of hydrogen-bond acceptors (Lipinski definition) is 4. The third-order valence-electron chi connectivity index (χ3n) is 6.35. The minimum Gasteiger partial charge on any atom is -0.295 e. The molecule has 5 nitrogen and oxygen atoms in total. The van der Waals surface area contributed by atoms with E-state index in [1.807, 2.05) is 41.3 Å². The highest BCUT2D eigenvalue weighted by molar-refractivity contribution is 8.02. The van der Waals surface area contributed by atoms with Crippen LogP contribution in [0.1, 0.15) is 25.3 Å². The Bertz CT molecular complexity index is 1010. The first-order valence-corrected chi connectivity index (χ1v) is 11.7. The van der Waals surface area contributed by atoms with Gasteiger partial charge in [0.15, 0.2) is 0 Å². The first-order valence-electron chi connectivity index (χ1n) is 10.4. The molecule has 0 radical (unpaired) electrons. The van der Waals surface area contributed by atoms with Gasteiger partial charge in [-0.15, -0.1) is 11.8 Å². The molecule has 30 heavy (non-hydrogen) atoms. The molecule has 0 aromatic heterocycles. The third-order valence-corrected chi connectivity index (χ3v) is 7.97. The molecule has 156 valence electrons. The SMILES string of the molecule is CC1CCN(CN2C(=O)[C@]3(SCC(=O)N3c3cccc(Cl)c3)c3ccccc32)CC1. The molecule has 3 heterocycles. The van der Waals surface area contributed by atoms with Crippen LogP contribution in [0.5, 0.6) is 0 Å². The van der Waals surface area contributed by atoms with E-state index < -0.39 is 4.87 Å². The molecule has 1 atom stereocenters. The van der Waals surface area contributed by atoms with Crippen molar-refractivity contribution < 1.29 is 9.59 Å². The molecule has 0 unspecified atom stereocenters. The van der Waals surface area contributed by atoms with Crippen molar-refractivity contribution in [3.8, 4) is 0 Å². The van der Waals surface area contributed by atoms with Crippen molar-refractivity contribution in [2.75, 3.05) is 35.3 Å². The molecule has 1 spiro atoms. The van der Waals surface area contributed by atoms with E-state index in [0.717, 1.165) is 43.1 Å². The van der Waals surface area contributed by atoms with Crippen LogP contribution in [0.2, 0.25) is 5.02 Å². The predicted octanol–water partition coefficient (Wildman–Crippen LogP) is 4.31. The molecular weight excluding hydrogens is 418 g/mol. The number of benzene rings is 2. The van der Waals surface area contributed by atoms with Crippen LogP contribution in [0.4, 0.5) is 11.4 Å². The number of hydrogen-bond donors (Lipinski definition) is 0. The molecule has 2 fully saturated rings. The van der Waals surface area contributed by atoms with Gasteiger partial charge in [-0.1, -0.05) is 42.8 Å². The number of halogens is 1. The maximum Gasteiger partial charge on any atom is 0.269 e. The minimum absolute atomic E-state index is 0.0434. The Kier molecular flexibility index (Phi) is 5.04. The molecule has 5 rings (SSSR count). The zero-order valence-electron chi connectivity index (χ0n) is 16.9. The monoisotopic (exact) mass is 441 g/mol. The van der Waals surface area contributed by atoms with Crippen molar-refractivity contribution >= 4 is 46.6 Å². The smallest absolute Gasteiger partial charge is 0.269 e. The average Bonchev–Trinajstić information content (AvgIpc) is 3.21. The first-order chi connectivity index (χ1) is 14.5. The zero-order valence-corrected chi connectivity index (χ0v) is 18.5. The average molecular weight is 442 g/mol. The van der Waals surface area contributed by atoms with Crippen LogP contribution < -0.4 is 9.80 Å². The van der Waals surface area contributed by atoms with Crippen LogP contribution in [0.3, 0.4) is 0 Å². The molecular formula is C23H24ClN3O2S. The van der Waals surface area contributed by atoms with Crippen LogP contribution in [0.25, 0.3) is 0 Å². The second-order valence-corrected chi connectivity index (χ2v) is 9.94. The molecule has 0 aliphatic carbocycles. The van der Waals surface area contributed by atoms with E-state index in [4.69, 9.17) is 11.6 Å². The number of amides is 2. The van der Waals surface area contributed by atoms with Gasteiger partial charge >= 0.3 is 0 Å². The van der Waals surface area contributed by atoms with Crippen LogP contribution in [-0.4, -0.2) is 42.2 Å². The number of rotatable bonds is 3. The Labute approximate surface area is 186 Å². The van der Waals surface area contributed by atoms with Gasteiger partial charge in [0.2, 0.25) is 10.8 Å². The second kappa shape index (κ2) is 7.59. The van der Waals surface area contributed by atoms with E-state index in [-0.39, 0.29) is 17.6 Å². The second-order valence-electron chi connectivity index (χ2n) is 8.33. The summed E-state index contributed by atoms with van der Waals surface area (Å²) >= 11 is 7.63. The van der Waals surface area contributed by atoms with Gasteiger partial charge in [0, 0.05) is 29.4 Å². The summed E-state index contributed by atoms with van der Waals surface area (Å²) in [6.45, 7) is 4.82. The maximum absolute atomic E-state index is 14.0. The maximum atomic E-state index is 14.0. The van der Waals surface area contributed by atoms with Crippen LogP contribution >= 0.6 is 23.4 Å². The molecule has 0 N–H and O–H groups in total. The lowest BCUT2D eigenvalue weighted by atomic mass is 10.00. The summed E-state index contributed by atoms with van der Waals surface area (Å²) in [5.74, 6) is 0.884. The summed E-state index contributed by atoms with van der Waals surface area (Å²) in [5.41, 5.74) is 2.45. The van der Waals surface area contributed by atoms with Gasteiger partial charge in [0.1, 0.15) is 0 Å². The van der Waals surface area contributed by atoms with E-state index in [1.54, 1.807) is 17.0 Å².